The third kappa shape index (κ3) is 3.08. The Bertz CT molecular complexity index is 720. The minimum Gasteiger partial charge on any atom is -0.390 e. The molecule has 1 aromatic rings. The van der Waals surface area contributed by atoms with E-state index < -0.39 is 28.2 Å². The maximum atomic E-state index is 13.1. The Morgan fingerprint density at radius 3 is 2.48 bits per heavy atom. The van der Waals surface area contributed by atoms with Crippen molar-refractivity contribution in [1.82, 2.24) is 9.62 Å². The van der Waals surface area contributed by atoms with Crippen molar-refractivity contribution in [1.29, 1.82) is 0 Å². The highest BCUT2D eigenvalue weighted by atomic mass is 35.5. The van der Waals surface area contributed by atoms with Gasteiger partial charge in [0.05, 0.1) is 17.0 Å². The van der Waals surface area contributed by atoms with Crippen molar-refractivity contribution in [2.75, 3.05) is 6.54 Å². The lowest BCUT2D eigenvalue weighted by Crippen LogP contribution is -2.55. The van der Waals surface area contributed by atoms with Crippen molar-refractivity contribution in [2.24, 2.45) is 0 Å². The Hall–Kier alpha value is -0.860. The van der Waals surface area contributed by atoms with Gasteiger partial charge in [0.2, 0.25) is 15.9 Å². The van der Waals surface area contributed by atoms with Crippen molar-refractivity contribution in [3.05, 3.63) is 28.2 Å². The Labute approximate surface area is 144 Å². The Morgan fingerprint density at radius 2 is 1.83 bits per heavy atom. The van der Waals surface area contributed by atoms with Gasteiger partial charge in [0.25, 0.3) is 0 Å². The fraction of sp³-hybridized carbons (Fsp3) is 0.500. The van der Waals surface area contributed by atoms with Crippen LogP contribution >= 0.6 is 23.2 Å². The number of nitrogens with one attached hydrogen (secondary N) is 1. The summed E-state index contributed by atoms with van der Waals surface area (Å²) in [5.41, 5.74) is 0. The molecule has 2 bridgehead atoms. The van der Waals surface area contributed by atoms with Gasteiger partial charge >= 0.3 is 0 Å². The van der Waals surface area contributed by atoms with Crippen LogP contribution < -0.4 is 5.32 Å². The SMILES string of the molecule is O=C1NC[C@@H](O)C2CCCC1N2S(=O)(=O)c1cc(Cl)cc(Cl)c1. The predicted octanol–water partition coefficient (Wildman–Crippen LogP) is 1.40. The average Bonchev–Trinajstić information content (AvgIpc) is 2.56. The van der Waals surface area contributed by atoms with Gasteiger partial charge in [-0.2, -0.15) is 4.31 Å². The van der Waals surface area contributed by atoms with E-state index in [1.165, 1.54) is 18.2 Å². The summed E-state index contributed by atoms with van der Waals surface area (Å²) < 4.78 is 27.3. The quantitative estimate of drug-likeness (QED) is 0.813. The van der Waals surface area contributed by atoms with E-state index in [4.69, 9.17) is 23.2 Å². The Morgan fingerprint density at radius 1 is 1.17 bits per heavy atom. The molecule has 0 aromatic heterocycles. The summed E-state index contributed by atoms with van der Waals surface area (Å²) in [5, 5.41) is 13.2. The first-order chi connectivity index (χ1) is 10.8. The summed E-state index contributed by atoms with van der Waals surface area (Å²) >= 11 is 11.8. The molecule has 2 fully saturated rings. The van der Waals surface area contributed by atoms with E-state index >= 15 is 0 Å². The van der Waals surface area contributed by atoms with Crippen LogP contribution in [-0.4, -0.2) is 48.5 Å². The molecule has 1 aromatic carbocycles. The van der Waals surface area contributed by atoms with Gasteiger partial charge in [-0.3, -0.25) is 4.79 Å². The summed E-state index contributed by atoms with van der Waals surface area (Å²) in [7, 11) is -4.01. The van der Waals surface area contributed by atoms with Crippen LogP contribution in [0.5, 0.6) is 0 Å². The van der Waals surface area contributed by atoms with Gasteiger partial charge in [-0.05, 0) is 37.5 Å². The molecular formula is C14H16Cl2N2O4S. The minimum atomic E-state index is -4.01. The van der Waals surface area contributed by atoms with Gasteiger partial charge in [0.1, 0.15) is 6.04 Å². The van der Waals surface area contributed by atoms with E-state index in [1.807, 2.05) is 0 Å². The number of carbonyl (C=O) groups excluding carboxylic acids is 1. The highest BCUT2D eigenvalue weighted by Gasteiger charge is 2.47. The molecule has 0 spiro atoms. The van der Waals surface area contributed by atoms with E-state index in [9.17, 15) is 18.3 Å². The number of amides is 1. The molecule has 3 rings (SSSR count). The zero-order chi connectivity index (χ0) is 16.8. The predicted molar refractivity (Wildman–Crippen MR) is 85.9 cm³/mol. The molecule has 2 aliphatic heterocycles. The second-order valence-electron chi connectivity index (χ2n) is 5.77. The largest absolute Gasteiger partial charge is 0.390 e. The van der Waals surface area contributed by atoms with Crippen LogP contribution in [0.2, 0.25) is 10.0 Å². The van der Waals surface area contributed by atoms with Crippen LogP contribution in [0.3, 0.4) is 0 Å². The van der Waals surface area contributed by atoms with Gasteiger partial charge in [-0.25, -0.2) is 8.42 Å². The molecule has 0 aliphatic carbocycles. The number of β-amino-alcohol motifs (C(OH)–C–C–N with tert-alkyl or cyclic N) is 1. The van der Waals surface area contributed by atoms with Crippen LogP contribution in [0, 0.1) is 0 Å². The molecule has 0 saturated carbocycles. The first kappa shape index (κ1) is 17.0. The summed E-state index contributed by atoms with van der Waals surface area (Å²) in [4.78, 5) is 12.1. The first-order valence-corrected chi connectivity index (χ1v) is 9.46. The van der Waals surface area contributed by atoms with Gasteiger partial charge in [-0.1, -0.05) is 23.2 Å². The third-order valence-electron chi connectivity index (χ3n) is 4.26. The third-order valence-corrected chi connectivity index (χ3v) is 6.60. The second kappa shape index (κ2) is 6.22. The maximum absolute atomic E-state index is 13.1. The first-order valence-electron chi connectivity index (χ1n) is 7.26. The molecule has 2 unspecified atom stereocenters. The highest BCUT2D eigenvalue weighted by Crippen LogP contribution is 2.34. The number of hydrogen-bond acceptors (Lipinski definition) is 4. The Balaban J connectivity index is 2.11. The van der Waals surface area contributed by atoms with Crippen LogP contribution in [-0.2, 0) is 14.8 Å². The number of rotatable bonds is 2. The smallest absolute Gasteiger partial charge is 0.244 e. The fourth-order valence-electron chi connectivity index (χ4n) is 3.22. The number of fused-ring (bicyclic) bond motifs is 2. The summed E-state index contributed by atoms with van der Waals surface area (Å²) in [6.07, 6.45) is 0.652. The molecule has 126 valence electrons. The average molecular weight is 379 g/mol. The summed E-state index contributed by atoms with van der Waals surface area (Å²) in [6, 6.07) is 2.57. The fourth-order valence-corrected chi connectivity index (χ4v) is 5.81. The van der Waals surface area contributed by atoms with E-state index in [2.05, 4.69) is 5.32 Å². The highest BCUT2D eigenvalue weighted by molar-refractivity contribution is 7.89. The van der Waals surface area contributed by atoms with Crippen molar-refractivity contribution in [2.45, 2.75) is 42.3 Å². The zero-order valence-electron chi connectivity index (χ0n) is 12.1. The van der Waals surface area contributed by atoms with Crippen LogP contribution in [0.15, 0.2) is 23.1 Å². The molecule has 2 saturated heterocycles. The molecular weight excluding hydrogens is 363 g/mol. The zero-order valence-corrected chi connectivity index (χ0v) is 14.4. The number of benzene rings is 1. The number of nitrogens with zero attached hydrogens (tertiary/aromatic N) is 1. The van der Waals surface area contributed by atoms with Gasteiger partial charge in [0, 0.05) is 16.6 Å². The van der Waals surface area contributed by atoms with Crippen LogP contribution in [0.25, 0.3) is 0 Å². The molecule has 6 nitrogen and oxygen atoms in total. The van der Waals surface area contributed by atoms with Crippen LogP contribution in [0.4, 0.5) is 0 Å². The lowest BCUT2D eigenvalue weighted by atomic mass is 9.96. The number of hydrogen-bond donors (Lipinski definition) is 2. The second-order valence-corrected chi connectivity index (χ2v) is 8.48. The number of aliphatic hydroxyl groups excluding tert-OH is 1. The number of sulfonamides is 1. The number of halogens is 2. The molecule has 9 heteroatoms. The molecule has 2 aliphatic rings. The van der Waals surface area contributed by atoms with Crippen molar-refractivity contribution >= 4 is 39.1 Å². The van der Waals surface area contributed by atoms with E-state index in [1.54, 1.807) is 0 Å². The molecule has 2 heterocycles. The number of aliphatic hydroxyl groups is 1. The molecule has 3 atom stereocenters. The van der Waals surface area contributed by atoms with E-state index in [-0.39, 0.29) is 27.4 Å². The van der Waals surface area contributed by atoms with E-state index in [0.717, 1.165) is 4.31 Å². The normalized spacial score (nSPS) is 29.0. The maximum Gasteiger partial charge on any atom is 0.244 e. The molecule has 1 amide bonds. The summed E-state index contributed by atoms with van der Waals surface area (Å²) in [5.74, 6) is -0.386. The van der Waals surface area contributed by atoms with Gasteiger partial charge in [-0.15, -0.1) is 0 Å². The lowest BCUT2D eigenvalue weighted by Gasteiger charge is -2.39. The topological polar surface area (TPSA) is 86.7 Å². The molecule has 0 radical (unpaired) electrons. The number of piperidine rings is 1. The molecule has 2 N–H and O–H groups in total. The monoisotopic (exact) mass is 378 g/mol. The lowest BCUT2D eigenvalue weighted by molar-refractivity contribution is -0.125. The summed E-state index contributed by atoms with van der Waals surface area (Å²) in [6.45, 7) is 0.0440. The van der Waals surface area contributed by atoms with Crippen molar-refractivity contribution in [3.8, 4) is 0 Å². The minimum absolute atomic E-state index is 0.0440. The van der Waals surface area contributed by atoms with Crippen LogP contribution in [0.1, 0.15) is 19.3 Å². The van der Waals surface area contributed by atoms with Gasteiger partial charge in [0.15, 0.2) is 0 Å². The van der Waals surface area contributed by atoms with Crippen molar-refractivity contribution < 1.29 is 18.3 Å². The number of carbonyl (C=O) groups is 1. The van der Waals surface area contributed by atoms with Gasteiger partial charge < -0.3 is 10.4 Å². The molecule has 23 heavy (non-hydrogen) atoms. The van der Waals surface area contributed by atoms with Crippen molar-refractivity contribution in [3.63, 3.8) is 0 Å². The van der Waals surface area contributed by atoms with E-state index in [0.29, 0.717) is 19.3 Å². The Kier molecular flexibility index (Phi) is 4.59. The standard InChI is InChI=1S/C14H16Cl2N2O4S/c15-8-4-9(16)6-10(5-8)23(21,22)18-11-2-1-3-12(18)14(20)17-7-13(11)19/h4-6,11-13,19H,1-3,7H2,(H,17,20)/t11?,12?,13-/m1/s1.